The molecular formula is C4H12NO4P. The lowest BCUT2D eigenvalue weighted by Crippen LogP contribution is -2.20. The zero-order valence-electron chi connectivity index (χ0n) is 5.73. The van der Waals surface area contributed by atoms with E-state index in [1.165, 1.54) is 0 Å². The highest BCUT2D eigenvalue weighted by molar-refractivity contribution is 7.51. The molecule has 0 aromatic heterocycles. The summed E-state index contributed by atoms with van der Waals surface area (Å²) in [5.41, 5.74) is 5.12. The predicted molar refractivity (Wildman–Crippen MR) is 36.5 cm³/mol. The fourth-order valence-corrected chi connectivity index (χ4v) is 0.741. The Labute approximate surface area is 59.3 Å². The van der Waals surface area contributed by atoms with Crippen LogP contribution < -0.4 is 5.73 Å². The van der Waals surface area contributed by atoms with Crippen molar-refractivity contribution in [1.82, 2.24) is 0 Å². The van der Waals surface area contributed by atoms with Gasteiger partial charge in [0.25, 0.3) is 0 Å². The Morgan fingerprint density at radius 3 is 2.50 bits per heavy atom. The van der Waals surface area contributed by atoms with E-state index in [-0.39, 0.29) is 12.6 Å². The minimum atomic E-state index is -4.01. The molecule has 0 aliphatic rings. The summed E-state index contributed by atoms with van der Waals surface area (Å²) in [7, 11) is -4.01. The van der Waals surface area contributed by atoms with Gasteiger partial charge in [-0.1, -0.05) is 0 Å². The van der Waals surface area contributed by atoms with Gasteiger partial charge < -0.3 is 20.3 Å². The summed E-state index contributed by atoms with van der Waals surface area (Å²) in [5, 5.41) is 0. The highest BCUT2D eigenvalue weighted by atomic mass is 31.2. The molecule has 1 atom stereocenters. The first-order valence-electron chi connectivity index (χ1n) is 2.82. The predicted octanol–water partition coefficient (Wildman–Crippen LogP) is -0.515. The van der Waals surface area contributed by atoms with Crippen molar-refractivity contribution in [3.05, 3.63) is 0 Å². The highest BCUT2D eigenvalue weighted by Crippen LogP contribution is 2.34. The standard InChI is InChI=1S/C4H12NO4P/c1-4(2-5)9-3-10(6,7)8/h4H,2-3,5H2,1H3,(H2,6,7,8)/t4-/m1/s1. The molecule has 10 heavy (non-hydrogen) atoms. The molecule has 0 rings (SSSR count). The molecule has 62 valence electrons. The molecule has 6 heteroatoms. The monoisotopic (exact) mass is 169 g/mol. The smallest absolute Gasteiger partial charge is 0.350 e. The zero-order chi connectivity index (χ0) is 8.20. The third kappa shape index (κ3) is 6.19. The maximum atomic E-state index is 10.2. The van der Waals surface area contributed by atoms with Crippen LogP contribution in [0.25, 0.3) is 0 Å². The van der Waals surface area contributed by atoms with Gasteiger partial charge in [-0.2, -0.15) is 0 Å². The molecule has 0 aromatic rings. The fraction of sp³-hybridized carbons (Fsp3) is 1.00. The van der Waals surface area contributed by atoms with Crippen LogP contribution in [0.15, 0.2) is 0 Å². The average Bonchev–Trinajstić information content (AvgIpc) is 1.81. The van der Waals surface area contributed by atoms with Crippen LogP contribution in [0, 0.1) is 0 Å². The Balaban J connectivity index is 3.46. The lowest BCUT2D eigenvalue weighted by atomic mass is 10.4. The SMILES string of the molecule is C[C@H](CN)OCP(=O)(O)O. The van der Waals surface area contributed by atoms with E-state index >= 15 is 0 Å². The van der Waals surface area contributed by atoms with E-state index in [1.54, 1.807) is 6.92 Å². The van der Waals surface area contributed by atoms with E-state index in [4.69, 9.17) is 15.5 Å². The molecular weight excluding hydrogens is 157 g/mol. The molecule has 0 fully saturated rings. The summed E-state index contributed by atoms with van der Waals surface area (Å²) in [6.45, 7) is 1.91. The Morgan fingerprint density at radius 2 is 2.20 bits per heavy atom. The van der Waals surface area contributed by atoms with Crippen molar-refractivity contribution in [1.29, 1.82) is 0 Å². The molecule has 0 saturated carbocycles. The van der Waals surface area contributed by atoms with E-state index in [9.17, 15) is 4.57 Å². The maximum absolute atomic E-state index is 10.2. The van der Waals surface area contributed by atoms with Crippen molar-refractivity contribution in [2.75, 3.05) is 12.9 Å². The van der Waals surface area contributed by atoms with Crippen LogP contribution in [-0.4, -0.2) is 28.8 Å². The van der Waals surface area contributed by atoms with Crippen LogP contribution in [0.1, 0.15) is 6.92 Å². The third-order valence-corrected chi connectivity index (χ3v) is 1.34. The normalized spacial score (nSPS) is 15.2. The van der Waals surface area contributed by atoms with E-state index in [0.717, 1.165) is 0 Å². The van der Waals surface area contributed by atoms with E-state index in [2.05, 4.69) is 4.74 Å². The molecule has 0 aromatic carbocycles. The van der Waals surface area contributed by atoms with Crippen molar-refractivity contribution < 1.29 is 19.1 Å². The van der Waals surface area contributed by atoms with Crippen molar-refractivity contribution in [2.45, 2.75) is 13.0 Å². The second-order valence-corrected chi connectivity index (χ2v) is 3.59. The minimum Gasteiger partial charge on any atom is -0.365 e. The van der Waals surface area contributed by atoms with Crippen LogP contribution >= 0.6 is 7.60 Å². The van der Waals surface area contributed by atoms with Crippen LogP contribution in [0.4, 0.5) is 0 Å². The largest absolute Gasteiger partial charge is 0.365 e. The van der Waals surface area contributed by atoms with Gasteiger partial charge in [-0.25, -0.2) is 0 Å². The summed E-state index contributed by atoms with van der Waals surface area (Å²) in [6.07, 6.45) is -0.849. The van der Waals surface area contributed by atoms with Gasteiger partial charge in [-0.3, -0.25) is 4.57 Å². The zero-order valence-corrected chi connectivity index (χ0v) is 6.62. The number of ether oxygens (including phenoxy) is 1. The van der Waals surface area contributed by atoms with Crippen molar-refractivity contribution in [3.8, 4) is 0 Å². The van der Waals surface area contributed by atoms with Crippen molar-refractivity contribution in [2.24, 2.45) is 5.73 Å². The summed E-state index contributed by atoms with van der Waals surface area (Å²) in [4.78, 5) is 16.6. The molecule has 0 bridgehead atoms. The average molecular weight is 169 g/mol. The van der Waals surface area contributed by atoms with Crippen LogP contribution in [-0.2, 0) is 9.30 Å². The molecule has 0 amide bonds. The molecule has 0 aliphatic heterocycles. The lowest BCUT2D eigenvalue weighted by Gasteiger charge is -2.10. The molecule has 0 radical (unpaired) electrons. The molecule has 0 saturated heterocycles. The number of nitrogens with two attached hydrogens (primary N) is 1. The van der Waals surface area contributed by atoms with Gasteiger partial charge in [-0.05, 0) is 6.92 Å². The van der Waals surface area contributed by atoms with Crippen LogP contribution in [0.5, 0.6) is 0 Å². The Bertz CT molecular complexity index is 133. The number of rotatable bonds is 4. The van der Waals surface area contributed by atoms with Crippen molar-refractivity contribution >= 4 is 7.60 Å². The van der Waals surface area contributed by atoms with Gasteiger partial charge >= 0.3 is 7.60 Å². The summed E-state index contributed by atoms with van der Waals surface area (Å²) < 4.78 is 14.8. The van der Waals surface area contributed by atoms with E-state index < -0.39 is 13.9 Å². The summed E-state index contributed by atoms with van der Waals surface area (Å²) in [6, 6.07) is 0. The number of hydrogen-bond acceptors (Lipinski definition) is 3. The van der Waals surface area contributed by atoms with Gasteiger partial charge in [0.1, 0.15) is 6.35 Å². The van der Waals surface area contributed by atoms with Gasteiger partial charge in [0.2, 0.25) is 0 Å². The Morgan fingerprint density at radius 1 is 1.70 bits per heavy atom. The fourth-order valence-electron chi connectivity index (χ4n) is 0.292. The quantitative estimate of drug-likeness (QED) is 0.492. The van der Waals surface area contributed by atoms with Crippen molar-refractivity contribution in [3.63, 3.8) is 0 Å². The topological polar surface area (TPSA) is 92.8 Å². The van der Waals surface area contributed by atoms with Gasteiger partial charge in [0.15, 0.2) is 0 Å². The second-order valence-electron chi connectivity index (χ2n) is 2.01. The molecule has 0 unspecified atom stereocenters. The molecule has 0 aliphatic carbocycles. The summed E-state index contributed by atoms with van der Waals surface area (Å²) >= 11 is 0. The number of hydrogen-bond donors (Lipinski definition) is 3. The third-order valence-electron chi connectivity index (χ3n) is 0.859. The molecule has 0 spiro atoms. The van der Waals surface area contributed by atoms with Gasteiger partial charge in [-0.15, -0.1) is 0 Å². The van der Waals surface area contributed by atoms with Crippen LogP contribution in [0.2, 0.25) is 0 Å². The van der Waals surface area contributed by atoms with Crippen LogP contribution in [0.3, 0.4) is 0 Å². The molecule has 4 N–H and O–H groups in total. The van der Waals surface area contributed by atoms with Gasteiger partial charge in [0, 0.05) is 6.54 Å². The first-order valence-corrected chi connectivity index (χ1v) is 4.61. The second kappa shape index (κ2) is 4.05. The molecule has 0 heterocycles. The Hall–Kier alpha value is 0.0700. The maximum Gasteiger partial charge on any atom is 0.350 e. The first-order chi connectivity index (χ1) is 4.45. The Kier molecular flexibility index (Phi) is 4.08. The lowest BCUT2D eigenvalue weighted by molar-refractivity contribution is 0.0944. The minimum absolute atomic E-state index is 0.264. The van der Waals surface area contributed by atoms with E-state index in [0.29, 0.717) is 0 Å². The van der Waals surface area contributed by atoms with E-state index in [1.807, 2.05) is 0 Å². The highest BCUT2D eigenvalue weighted by Gasteiger charge is 2.14. The molecule has 5 nitrogen and oxygen atoms in total. The van der Waals surface area contributed by atoms with Gasteiger partial charge in [0.05, 0.1) is 6.10 Å². The first kappa shape index (κ1) is 10.1. The summed E-state index contributed by atoms with van der Waals surface area (Å²) in [5.74, 6) is 0.